The molecule has 172 valence electrons. The van der Waals surface area contributed by atoms with Gasteiger partial charge in [0.2, 0.25) is 5.91 Å². The van der Waals surface area contributed by atoms with Gasteiger partial charge in [0.25, 0.3) is 0 Å². The number of nitrogens with one attached hydrogen (secondary N) is 1. The molecule has 1 amide bonds. The number of likely N-dealkylation sites (tertiary alicyclic amines) is 1. The summed E-state index contributed by atoms with van der Waals surface area (Å²) in [4.78, 5) is 30.8. The number of aromatic nitrogens is 3. The Bertz CT molecular complexity index is 860. The quantitative estimate of drug-likeness (QED) is 0.695. The fourth-order valence-corrected chi connectivity index (χ4v) is 5.18. The Hall–Kier alpha value is -2.54. The van der Waals surface area contributed by atoms with Gasteiger partial charge in [0.05, 0.1) is 12.7 Å². The van der Waals surface area contributed by atoms with Crippen molar-refractivity contribution in [1.82, 2.24) is 24.8 Å². The summed E-state index contributed by atoms with van der Waals surface area (Å²) in [5.74, 6) is 2.21. The first kappa shape index (κ1) is 22.6. The van der Waals surface area contributed by atoms with E-state index in [-0.39, 0.29) is 6.04 Å². The van der Waals surface area contributed by atoms with Gasteiger partial charge in [-0.15, -0.1) is 0 Å². The lowest BCUT2D eigenvalue weighted by Crippen LogP contribution is -2.50. The molecule has 0 unspecified atom stereocenters. The second-order valence-electron chi connectivity index (χ2n) is 9.40. The fraction of sp³-hybridized carbons (Fsp3) is 0.600. The SMILES string of the molecule is CC(C)N(C(=O)CN1CCC(c2cccc(Nc3cnccn3)n2)CC1)C1CCCCC1. The molecule has 2 aromatic heterocycles. The van der Waals surface area contributed by atoms with E-state index in [9.17, 15) is 4.79 Å². The van der Waals surface area contributed by atoms with Crippen LogP contribution in [0.1, 0.15) is 70.4 Å². The molecule has 2 aromatic rings. The second kappa shape index (κ2) is 10.9. The van der Waals surface area contributed by atoms with Crippen molar-refractivity contribution in [2.45, 2.75) is 76.8 Å². The van der Waals surface area contributed by atoms with E-state index >= 15 is 0 Å². The summed E-state index contributed by atoms with van der Waals surface area (Å²) in [5.41, 5.74) is 1.11. The van der Waals surface area contributed by atoms with Gasteiger partial charge in [0.15, 0.2) is 0 Å². The van der Waals surface area contributed by atoms with Crippen LogP contribution in [0.2, 0.25) is 0 Å². The van der Waals surface area contributed by atoms with E-state index < -0.39 is 0 Å². The summed E-state index contributed by atoms with van der Waals surface area (Å²) in [7, 11) is 0. The standard InChI is InChI=1S/C25H36N6O/c1-19(2)31(21-7-4-3-5-8-21)25(32)18-30-15-11-20(12-16-30)22-9-6-10-23(28-22)29-24-17-26-13-14-27-24/h6,9-10,13-14,17,19-21H,3-5,7-8,11-12,15-16,18H2,1-2H3,(H,27,28,29). The summed E-state index contributed by atoms with van der Waals surface area (Å²) in [6.45, 7) is 6.75. The highest BCUT2D eigenvalue weighted by Gasteiger charge is 2.30. The van der Waals surface area contributed by atoms with Crippen LogP contribution in [-0.4, -0.2) is 62.4 Å². The van der Waals surface area contributed by atoms with Gasteiger partial charge in [-0.2, -0.15) is 0 Å². The lowest BCUT2D eigenvalue weighted by atomic mass is 9.92. The largest absolute Gasteiger partial charge is 0.336 e. The zero-order valence-electron chi connectivity index (χ0n) is 19.4. The average Bonchev–Trinajstić information content (AvgIpc) is 2.81. The van der Waals surface area contributed by atoms with Gasteiger partial charge in [0.1, 0.15) is 11.6 Å². The Kier molecular flexibility index (Phi) is 7.68. The van der Waals surface area contributed by atoms with E-state index in [0.717, 1.165) is 50.3 Å². The summed E-state index contributed by atoms with van der Waals surface area (Å²) in [6.07, 6.45) is 13.2. The molecule has 2 fully saturated rings. The van der Waals surface area contributed by atoms with Gasteiger partial charge in [-0.05, 0) is 64.8 Å². The Labute approximate surface area is 191 Å². The minimum Gasteiger partial charge on any atom is -0.336 e. The number of pyridine rings is 1. The smallest absolute Gasteiger partial charge is 0.237 e. The zero-order valence-corrected chi connectivity index (χ0v) is 19.4. The molecule has 0 radical (unpaired) electrons. The third-order valence-corrected chi connectivity index (χ3v) is 6.77. The number of carbonyl (C=O) groups excluding carboxylic acids is 1. The maximum absolute atomic E-state index is 13.2. The number of piperidine rings is 1. The van der Waals surface area contributed by atoms with Crippen molar-refractivity contribution < 1.29 is 4.79 Å². The summed E-state index contributed by atoms with van der Waals surface area (Å²) >= 11 is 0. The first-order chi connectivity index (χ1) is 15.6. The van der Waals surface area contributed by atoms with E-state index in [1.165, 1.54) is 19.3 Å². The molecule has 4 rings (SSSR count). The molecule has 1 saturated carbocycles. The number of nitrogens with zero attached hydrogens (tertiary/aromatic N) is 5. The van der Waals surface area contributed by atoms with Gasteiger partial charge in [-0.25, -0.2) is 9.97 Å². The molecule has 0 atom stereocenters. The van der Waals surface area contributed by atoms with Crippen LogP contribution in [0.25, 0.3) is 0 Å². The highest BCUT2D eigenvalue weighted by molar-refractivity contribution is 5.79. The zero-order chi connectivity index (χ0) is 22.3. The highest BCUT2D eigenvalue weighted by Crippen LogP contribution is 2.29. The number of anilines is 2. The van der Waals surface area contributed by atoms with E-state index in [1.54, 1.807) is 18.6 Å². The van der Waals surface area contributed by atoms with Crippen LogP contribution in [-0.2, 0) is 4.79 Å². The molecule has 2 aliphatic rings. The van der Waals surface area contributed by atoms with Crippen molar-refractivity contribution in [3.05, 3.63) is 42.5 Å². The predicted molar refractivity (Wildman–Crippen MR) is 127 cm³/mol. The topological polar surface area (TPSA) is 74.2 Å². The van der Waals surface area contributed by atoms with Crippen LogP contribution in [0.15, 0.2) is 36.8 Å². The van der Waals surface area contributed by atoms with E-state index in [1.807, 2.05) is 12.1 Å². The van der Waals surface area contributed by atoms with Crippen molar-refractivity contribution in [3.63, 3.8) is 0 Å². The Morgan fingerprint density at radius 3 is 2.56 bits per heavy atom. The summed E-state index contributed by atoms with van der Waals surface area (Å²) in [5, 5.41) is 3.23. The van der Waals surface area contributed by atoms with Crippen molar-refractivity contribution in [3.8, 4) is 0 Å². The van der Waals surface area contributed by atoms with Crippen molar-refractivity contribution in [2.75, 3.05) is 25.0 Å². The van der Waals surface area contributed by atoms with E-state index in [2.05, 4.69) is 45.0 Å². The van der Waals surface area contributed by atoms with Crippen LogP contribution >= 0.6 is 0 Å². The number of amides is 1. The van der Waals surface area contributed by atoms with Crippen LogP contribution in [0.4, 0.5) is 11.6 Å². The fourth-order valence-electron chi connectivity index (χ4n) is 5.18. The van der Waals surface area contributed by atoms with Crippen LogP contribution < -0.4 is 5.32 Å². The minimum absolute atomic E-state index is 0.275. The number of carbonyl (C=O) groups is 1. The molecule has 7 heteroatoms. The Morgan fingerprint density at radius 2 is 1.88 bits per heavy atom. The number of rotatable bonds is 7. The lowest BCUT2D eigenvalue weighted by Gasteiger charge is -2.39. The number of hydrogen-bond donors (Lipinski definition) is 1. The molecular formula is C25H36N6O. The lowest BCUT2D eigenvalue weighted by molar-refractivity contribution is -0.137. The average molecular weight is 437 g/mol. The second-order valence-corrected chi connectivity index (χ2v) is 9.40. The number of hydrogen-bond acceptors (Lipinski definition) is 6. The first-order valence-corrected chi connectivity index (χ1v) is 12.1. The summed E-state index contributed by atoms with van der Waals surface area (Å²) in [6, 6.07) is 6.82. The predicted octanol–water partition coefficient (Wildman–Crippen LogP) is 4.36. The maximum atomic E-state index is 13.2. The van der Waals surface area contributed by atoms with Gasteiger partial charge in [-0.3, -0.25) is 14.7 Å². The molecule has 0 aromatic carbocycles. The van der Waals surface area contributed by atoms with Crippen molar-refractivity contribution in [1.29, 1.82) is 0 Å². The molecule has 3 heterocycles. The maximum Gasteiger partial charge on any atom is 0.237 e. The normalized spacial score (nSPS) is 18.6. The third-order valence-electron chi connectivity index (χ3n) is 6.77. The molecule has 1 aliphatic heterocycles. The molecule has 32 heavy (non-hydrogen) atoms. The highest BCUT2D eigenvalue weighted by atomic mass is 16.2. The first-order valence-electron chi connectivity index (χ1n) is 12.1. The molecule has 1 saturated heterocycles. The molecule has 1 aliphatic carbocycles. The van der Waals surface area contributed by atoms with Crippen LogP contribution in [0.3, 0.4) is 0 Å². The van der Waals surface area contributed by atoms with E-state index in [0.29, 0.717) is 30.2 Å². The molecule has 7 nitrogen and oxygen atoms in total. The molecule has 0 spiro atoms. The summed E-state index contributed by atoms with van der Waals surface area (Å²) < 4.78 is 0. The van der Waals surface area contributed by atoms with E-state index in [4.69, 9.17) is 4.98 Å². The Balaban J connectivity index is 1.31. The van der Waals surface area contributed by atoms with Gasteiger partial charge in [0, 0.05) is 36.1 Å². The molecular weight excluding hydrogens is 400 g/mol. The van der Waals surface area contributed by atoms with Gasteiger partial charge < -0.3 is 10.2 Å². The third kappa shape index (κ3) is 5.82. The van der Waals surface area contributed by atoms with Crippen LogP contribution in [0.5, 0.6) is 0 Å². The van der Waals surface area contributed by atoms with Gasteiger partial charge in [-0.1, -0.05) is 25.3 Å². The van der Waals surface area contributed by atoms with Crippen molar-refractivity contribution >= 4 is 17.5 Å². The minimum atomic E-state index is 0.275. The van der Waals surface area contributed by atoms with Crippen molar-refractivity contribution in [2.24, 2.45) is 0 Å². The molecule has 1 N–H and O–H groups in total. The van der Waals surface area contributed by atoms with Crippen LogP contribution in [0, 0.1) is 0 Å². The van der Waals surface area contributed by atoms with Gasteiger partial charge >= 0.3 is 0 Å². The Morgan fingerprint density at radius 1 is 1.09 bits per heavy atom. The molecule has 0 bridgehead atoms. The monoisotopic (exact) mass is 436 g/mol.